The molecule has 1 aromatic heterocycles. The number of carbonyl (C=O) groups is 1. The van der Waals surface area contributed by atoms with Crippen LogP contribution in [0.15, 0.2) is 49.2 Å². The van der Waals surface area contributed by atoms with Crippen LogP contribution in [0, 0.1) is 23.0 Å². The van der Waals surface area contributed by atoms with Crippen molar-refractivity contribution in [1.29, 1.82) is 0 Å². The standard InChI is InChI=1S/C20H20ClN3O3/c1-3-4-15-7-10-18(14-5-8-16(21)9-6-14)23(20(15)25)19-13(2)11-17(12-22-19)24(26)27/h3,5-6,8-9,11-12,15,18H,1,4,7,10H2,2H3/t15?,18-/m0/s1. The smallest absolute Gasteiger partial charge is 0.287 e. The molecule has 1 aliphatic heterocycles. The summed E-state index contributed by atoms with van der Waals surface area (Å²) in [6, 6.07) is 8.66. The lowest BCUT2D eigenvalue weighted by molar-refractivity contribution is -0.385. The van der Waals surface area contributed by atoms with Gasteiger partial charge in [-0.1, -0.05) is 29.8 Å². The number of hydrogen-bond donors (Lipinski definition) is 0. The van der Waals surface area contributed by atoms with E-state index in [1.807, 2.05) is 12.1 Å². The summed E-state index contributed by atoms with van der Waals surface area (Å²) in [4.78, 5) is 29.7. The lowest BCUT2D eigenvalue weighted by Gasteiger charge is -2.39. The lowest BCUT2D eigenvalue weighted by atomic mass is 9.86. The average Bonchev–Trinajstić information content (AvgIpc) is 2.64. The normalized spacial score (nSPS) is 19.8. The topological polar surface area (TPSA) is 76.3 Å². The summed E-state index contributed by atoms with van der Waals surface area (Å²) in [5.41, 5.74) is 1.46. The molecule has 1 amide bonds. The van der Waals surface area contributed by atoms with Crippen molar-refractivity contribution in [2.75, 3.05) is 4.90 Å². The molecule has 2 aromatic rings. The quantitative estimate of drug-likeness (QED) is 0.411. The van der Waals surface area contributed by atoms with Crippen molar-refractivity contribution in [1.82, 2.24) is 4.98 Å². The van der Waals surface area contributed by atoms with Crippen molar-refractivity contribution in [2.24, 2.45) is 5.92 Å². The van der Waals surface area contributed by atoms with Gasteiger partial charge >= 0.3 is 0 Å². The zero-order valence-electron chi connectivity index (χ0n) is 15.0. The first-order valence-electron chi connectivity index (χ1n) is 8.73. The van der Waals surface area contributed by atoms with Crippen LogP contribution in [0.25, 0.3) is 0 Å². The van der Waals surface area contributed by atoms with E-state index in [0.717, 1.165) is 18.4 Å². The third-order valence-corrected chi connectivity index (χ3v) is 5.12. The van der Waals surface area contributed by atoms with Gasteiger partial charge in [-0.25, -0.2) is 4.98 Å². The largest absolute Gasteiger partial charge is 0.289 e. The van der Waals surface area contributed by atoms with Crippen LogP contribution >= 0.6 is 11.6 Å². The van der Waals surface area contributed by atoms with E-state index in [9.17, 15) is 14.9 Å². The molecule has 1 aromatic carbocycles. The molecule has 27 heavy (non-hydrogen) atoms. The van der Waals surface area contributed by atoms with Crippen LogP contribution in [0.3, 0.4) is 0 Å². The Balaban J connectivity index is 2.06. The molecule has 1 saturated heterocycles. The van der Waals surface area contributed by atoms with Gasteiger partial charge in [-0.15, -0.1) is 6.58 Å². The number of piperidine rings is 1. The Hall–Kier alpha value is -2.73. The summed E-state index contributed by atoms with van der Waals surface area (Å²) in [7, 11) is 0. The van der Waals surface area contributed by atoms with Crippen molar-refractivity contribution in [2.45, 2.75) is 32.2 Å². The van der Waals surface area contributed by atoms with E-state index >= 15 is 0 Å². The first kappa shape index (κ1) is 19.0. The van der Waals surface area contributed by atoms with E-state index in [2.05, 4.69) is 11.6 Å². The molecule has 0 saturated carbocycles. The Morgan fingerprint density at radius 2 is 2.07 bits per heavy atom. The van der Waals surface area contributed by atoms with Gasteiger partial charge in [0.25, 0.3) is 5.69 Å². The number of pyridine rings is 1. The number of aryl methyl sites for hydroxylation is 1. The number of halogens is 1. The number of nitro groups is 1. The summed E-state index contributed by atoms with van der Waals surface area (Å²) in [6.07, 6.45) is 5.06. The van der Waals surface area contributed by atoms with Crippen LogP contribution < -0.4 is 4.90 Å². The van der Waals surface area contributed by atoms with Crippen LogP contribution in [-0.2, 0) is 4.79 Å². The molecule has 140 valence electrons. The minimum absolute atomic E-state index is 0.0365. The molecule has 3 rings (SSSR count). The highest BCUT2D eigenvalue weighted by Crippen LogP contribution is 2.40. The SMILES string of the molecule is C=CCC1CC[C@@H](c2ccc(Cl)cc2)N(c2ncc([N+](=O)[O-])cc2C)C1=O. The van der Waals surface area contributed by atoms with Crippen LogP contribution in [0.5, 0.6) is 0 Å². The molecule has 0 bridgehead atoms. The lowest BCUT2D eigenvalue weighted by Crippen LogP contribution is -2.44. The number of amides is 1. The van der Waals surface area contributed by atoms with E-state index < -0.39 is 4.92 Å². The second-order valence-electron chi connectivity index (χ2n) is 6.67. The summed E-state index contributed by atoms with van der Waals surface area (Å²) in [5.74, 6) is 0.257. The average molecular weight is 386 g/mol. The molecule has 0 radical (unpaired) electrons. The molecule has 0 aliphatic carbocycles. The number of allylic oxidation sites excluding steroid dienone is 1. The van der Waals surface area contributed by atoms with Crippen LogP contribution in [0.4, 0.5) is 11.5 Å². The second-order valence-corrected chi connectivity index (χ2v) is 7.10. The fraction of sp³-hybridized carbons (Fsp3) is 0.300. The second kappa shape index (κ2) is 7.88. The summed E-state index contributed by atoms with van der Waals surface area (Å²) in [6.45, 7) is 5.48. The van der Waals surface area contributed by atoms with Gasteiger partial charge in [0, 0.05) is 17.0 Å². The van der Waals surface area contributed by atoms with E-state index in [1.165, 1.54) is 12.3 Å². The Morgan fingerprint density at radius 1 is 1.37 bits per heavy atom. The Bertz CT molecular complexity index is 883. The maximum absolute atomic E-state index is 13.2. The van der Waals surface area contributed by atoms with Gasteiger partial charge in [0.05, 0.1) is 11.0 Å². The van der Waals surface area contributed by atoms with E-state index in [1.54, 1.807) is 30.0 Å². The predicted molar refractivity (Wildman–Crippen MR) is 105 cm³/mol. The van der Waals surface area contributed by atoms with Gasteiger partial charge in [0.2, 0.25) is 5.91 Å². The van der Waals surface area contributed by atoms with Gasteiger partial charge in [0.1, 0.15) is 12.0 Å². The van der Waals surface area contributed by atoms with Crippen molar-refractivity contribution < 1.29 is 9.72 Å². The minimum Gasteiger partial charge on any atom is -0.289 e. The van der Waals surface area contributed by atoms with Crippen molar-refractivity contribution in [3.8, 4) is 0 Å². The van der Waals surface area contributed by atoms with Crippen molar-refractivity contribution >= 4 is 29.0 Å². The maximum atomic E-state index is 13.2. The number of rotatable bonds is 5. The third kappa shape index (κ3) is 3.85. The molecule has 6 nitrogen and oxygen atoms in total. The summed E-state index contributed by atoms with van der Waals surface area (Å²) >= 11 is 6.00. The molecule has 0 N–H and O–H groups in total. The van der Waals surface area contributed by atoms with Crippen molar-refractivity contribution in [3.63, 3.8) is 0 Å². The van der Waals surface area contributed by atoms with E-state index in [-0.39, 0.29) is 23.6 Å². The summed E-state index contributed by atoms with van der Waals surface area (Å²) < 4.78 is 0. The number of benzene rings is 1. The Labute approximate surface area is 162 Å². The highest BCUT2D eigenvalue weighted by Gasteiger charge is 2.38. The van der Waals surface area contributed by atoms with E-state index in [4.69, 9.17) is 11.6 Å². The minimum atomic E-state index is -0.487. The van der Waals surface area contributed by atoms with Crippen LogP contribution in [0.1, 0.15) is 36.4 Å². The monoisotopic (exact) mass is 385 g/mol. The molecule has 2 atom stereocenters. The van der Waals surface area contributed by atoms with Gasteiger partial charge < -0.3 is 0 Å². The van der Waals surface area contributed by atoms with Crippen LogP contribution in [-0.4, -0.2) is 15.8 Å². The molecule has 1 fully saturated rings. The van der Waals surface area contributed by atoms with Gasteiger partial charge in [0.15, 0.2) is 0 Å². The highest BCUT2D eigenvalue weighted by atomic mass is 35.5. The molecule has 2 heterocycles. The fourth-order valence-electron chi connectivity index (χ4n) is 3.54. The van der Waals surface area contributed by atoms with Crippen molar-refractivity contribution in [3.05, 3.63) is 75.4 Å². The number of nitrogens with zero attached hydrogens (tertiary/aromatic N) is 3. The molecule has 0 spiro atoms. The zero-order chi connectivity index (χ0) is 19.6. The first-order chi connectivity index (χ1) is 12.9. The fourth-order valence-corrected chi connectivity index (χ4v) is 3.67. The van der Waals surface area contributed by atoms with Gasteiger partial charge in [-0.3, -0.25) is 19.8 Å². The number of hydrogen-bond acceptors (Lipinski definition) is 4. The van der Waals surface area contributed by atoms with Crippen LogP contribution in [0.2, 0.25) is 5.02 Å². The highest BCUT2D eigenvalue weighted by molar-refractivity contribution is 6.30. The molecule has 1 aliphatic rings. The Kier molecular flexibility index (Phi) is 5.56. The number of aromatic nitrogens is 1. The molecular weight excluding hydrogens is 366 g/mol. The summed E-state index contributed by atoms with van der Waals surface area (Å²) in [5, 5.41) is 11.6. The zero-order valence-corrected chi connectivity index (χ0v) is 15.7. The first-order valence-corrected chi connectivity index (χ1v) is 9.10. The molecular formula is C20H20ClN3O3. The predicted octanol–water partition coefficient (Wildman–Crippen LogP) is 5.01. The van der Waals surface area contributed by atoms with Gasteiger partial charge in [-0.2, -0.15) is 0 Å². The third-order valence-electron chi connectivity index (χ3n) is 4.87. The molecule has 1 unspecified atom stereocenters. The van der Waals surface area contributed by atoms with Gasteiger partial charge in [-0.05, 0) is 49.4 Å². The number of carbonyl (C=O) groups excluding carboxylic acids is 1. The number of anilines is 1. The molecule has 7 heteroatoms. The van der Waals surface area contributed by atoms with E-state index in [0.29, 0.717) is 22.8 Å². The maximum Gasteiger partial charge on any atom is 0.287 e. The Morgan fingerprint density at radius 3 is 2.67 bits per heavy atom.